The zero-order chi connectivity index (χ0) is 20.3. The van der Waals surface area contributed by atoms with Crippen LogP contribution >= 0.6 is 0 Å². The van der Waals surface area contributed by atoms with Crippen LogP contribution in [0.5, 0.6) is 0 Å². The van der Waals surface area contributed by atoms with Gasteiger partial charge < -0.3 is 10.1 Å². The van der Waals surface area contributed by atoms with E-state index in [1.807, 2.05) is 6.92 Å². The largest absolute Gasteiger partial charge is 0.365 e. The number of pyridine rings is 1. The molecule has 1 aliphatic heterocycles. The Morgan fingerprint density at radius 3 is 2.64 bits per heavy atom. The zero-order valence-electron chi connectivity index (χ0n) is 15.1. The van der Waals surface area contributed by atoms with Crippen molar-refractivity contribution in [1.29, 1.82) is 0 Å². The van der Waals surface area contributed by atoms with Crippen molar-refractivity contribution in [3.63, 3.8) is 0 Å². The summed E-state index contributed by atoms with van der Waals surface area (Å²) in [6, 6.07) is 10.5. The van der Waals surface area contributed by atoms with E-state index in [1.165, 1.54) is 35.2 Å². The number of rotatable bonds is 6. The molecular weight excluding hydrogens is 386 g/mol. The molecule has 10 heteroatoms. The summed E-state index contributed by atoms with van der Waals surface area (Å²) in [5, 5.41) is 10.9. The Hall–Kier alpha value is -2.85. The molecule has 0 radical (unpaired) electrons. The first-order valence-corrected chi connectivity index (χ1v) is 10.0. The van der Waals surface area contributed by atoms with E-state index in [-0.39, 0.29) is 47.9 Å². The van der Waals surface area contributed by atoms with Gasteiger partial charge in [-0.15, -0.1) is 0 Å². The van der Waals surface area contributed by atoms with E-state index in [0.717, 1.165) is 5.56 Å². The molecule has 0 N–H and O–H groups in total. The Labute approximate surface area is 162 Å². The van der Waals surface area contributed by atoms with Crippen molar-refractivity contribution >= 4 is 27.7 Å². The van der Waals surface area contributed by atoms with Crippen LogP contribution in [0.25, 0.3) is 0 Å². The molecule has 1 saturated heterocycles. The topological polar surface area (TPSA) is 120 Å². The van der Waals surface area contributed by atoms with Crippen LogP contribution in [0.3, 0.4) is 0 Å². The van der Waals surface area contributed by atoms with E-state index >= 15 is 0 Å². The summed E-state index contributed by atoms with van der Waals surface area (Å²) in [6.07, 6.45) is 0.649. The first kappa shape index (κ1) is 19.9. The van der Waals surface area contributed by atoms with Crippen LogP contribution in [0.4, 0.5) is 11.6 Å². The summed E-state index contributed by atoms with van der Waals surface area (Å²) in [4.78, 5) is 27.8. The molecule has 1 aromatic heterocycles. The number of carbonyl (C=O) groups is 1. The molecule has 1 atom stereocenters. The van der Waals surface area contributed by atoms with Crippen molar-refractivity contribution in [2.75, 3.05) is 18.1 Å². The number of hydrogen-bond donors (Lipinski definition) is 0. The molecule has 2 heterocycles. The van der Waals surface area contributed by atoms with Crippen LogP contribution < -0.4 is 4.90 Å². The van der Waals surface area contributed by atoms with Crippen molar-refractivity contribution in [2.45, 2.75) is 24.7 Å². The van der Waals surface area contributed by atoms with Crippen LogP contribution in [0.15, 0.2) is 47.4 Å². The van der Waals surface area contributed by atoms with Gasteiger partial charge in [-0.1, -0.05) is 17.7 Å². The van der Waals surface area contributed by atoms with Gasteiger partial charge in [0, 0.05) is 31.0 Å². The molecule has 28 heavy (non-hydrogen) atoms. The lowest BCUT2D eigenvalue weighted by Gasteiger charge is -2.29. The third-order valence-electron chi connectivity index (χ3n) is 4.46. The normalized spacial score (nSPS) is 17.5. The fourth-order valence-electron chi connectivity index (χ4n) is 2.89. The van der Waals surface area contributed by atoms with Crippen molar-refractivity contribution in [2.24, 2.45) is 5.92 Å². The molecule has 0 spiro atoms. The third kappa shape index (κ3) is 4.52. The number of aryl methyl sites for hydroxylation is 1. The van der Waals surface area contributed by atoms with E-state index in [9.17, 15) is 23.3 Å². The Morgan fingerprint density at radius 1 is 1.25 bits per heavy atom. The van der Waals surface area contributed by atoms with E-state index in [0.29, 0.717) is 6.42 Å². The lowest BCUT2D eigenvalue weighted by atomic mass is 9.98. The highest BCUT2D eigenvalue weighted by Gasteiger charge is 2.31. The highest BCUT2D eigenvalue weighted by molar-refractivity contribution is 7.86. The number of carbonyl (C=O) groups excluding carboxylic acids is 1. The van der Waals surface area contributed by atoms with Gasteiger partial charge in [0.2, 0.25) is 11.7 Å². The Balaban J connectivity index is 1.69. The van der Waals surface area contributed by atoms with Crippen LogP contribution in [-0.2, 0) is 19.1 Å². The second-order valence-corrected chi connectivity index (χ2v) is 8.19. The summed E-state index contributed by atoms with van der Waals surface area (Å²) in [7, 11) is -3.90. The molecule has 1 fully saturated rings. The fraction of sp³-hybridized carbons (Fsp3) is 0.333. The molecule has 0 saturated carbocycles. The number of nitro groups is 1. The summed E-state index contributed by atoms with van der Waals surface area (Å²) < 4.78 is 29.8. The first-order chi connectivity index (χ1) is 13.3. The lowest BCUT2D eigenvalue weighted by molar-refractivity contribution is -0.389. The van der Waals surface area contributed by atoms with Crippen molar-refractivity contribution in [1.82, 2.24) is 4.98 Å². The van der Waals surface area contributed by atoms with Gasteiger partial charge in [0.15, 0.2) is 0 Å². The van der Waals surface area contributed by atoms with Gasteiger partial charge in [-0.2, -0.15) is 8.42 Å². The maximum absolute atomic E-state index is 12.3. The number of anilines is 1. The van der Waals surface area contributed by atoms with Gasteiger partial charge >= 0.3 is 5.82 Å². The quantitative estimate of drug-likeness (QED) is 0.411. The average molecular weight is 405 g/mol. The minimum absolute atomic E-state index is 0.0715. The zero-order valence-corrected chi connectivity index (χ0v) is 16.0. The van der Waals surface area contributed by atoms with Gasteiger partial charge in [-0.25, -0.2) is 0 Å². The highest BCUT2D eigenvalue weighted by atomic mass is 32.2. The minimum atomic E-state index is -3.90. The molecule has 1 aliphatic rings. The fourth-order valence-corrected chi connectivity index (χ4v) is 3.87. The second-order valence-electron chi connectivity index (χ2n) is 6.57. The number of amides is 1. The number of piperidine rings is 1. The van der Waals surface area contributed by atoms with Crippen LogP contribution in [-0.4, -0.2) is 37.4 Å². The van der Waals surface area contributed by atoms with E-state index in [4.69, 9.17) is 4.18 Å². The van der Waals surface area contributed by atoms with E-state index < -0.39 is 15.0 Å². The third-order valence-corrected chi connectivity index (χ3v) is 5.76. The van der Waals surface area contributed by atoms with Gasteiger partial charge in [-0.05, 0) is 41.5 Å². The molecule has 2 aromatic rings. The molecule has 1 amide bonds. The molecule has 0 bridgehead atoms. The number of aromatic nitrogens is 1. The second kappa shape index (κ2) is 8.03. The number of benzene rings is 1. The van der Waals surface area contributed by atoms with Crippen molar-refractivity contribution in [3.05, 3.63) is 58.1 Å². The Bertz CT molecular complexity index is 991. The lowest BCUT2D eigenvalue weighted by Crippen LogP contribution is -2.42. The SMILES string of the molecule is Cc1ccc(S(=O)(=O)OCC2CCC(=O)N(c3cccc([N+](=O)[O-])n3)C2)cc1. The van der Waals surface area contributed by atoms with Crippen molar-refractivity contribution < 1.29 is 22.3 Å². The van der Waals surface area contributed by atoms with Gasteiger partial charge in [0.25, 0.3) is 10.1 Å². The Morgan fingerprint density at radius 2 is 1.96 bits per heavy atom. The van der Waals surface area contributed by atoms with Crippen LogP contribution in [0.1, 0.15) is 18.4 Å². The maximum Gasteiger partial charge on any atom is 0.365 e. The predicted octanol–water partition coefficient (Wildman–Crippen LogP) is 2.45. The maximum atomic E-state index is 12.3. The molecule has 148 valence electrons. The number of nitrogens with zero attached hydrogens (tertiary/aromatic N) is 3. The average Bonchev–Trinajstić information content (AvgIpc) is 2.68. The van der Waals surface area contributed by atoms with E-state index in [1.54, 1.807) is 12.1 Å². The minimum Gasteiger partial charge on any atom is -0.358 e. The predicted molar refractivity (Wildman–Crippen MR) is 100 cm³/mol. The molecule has 0 aliphatic carbocycles. The van der Waals surface area contributed by atoms with E-state index in [2.05, 4.69) is 4.98 Å². The Kier molecular flexibility index (Phi) is 5.71. The standard InChI is InChI=1S/C18H19N3O6S/c1-13-5-8-15(9-6-13)28(25,26)27-12-14-7-10-18(22)20(11-14)16-3-2-4-17(19-16)21(23)24/h2-6,8-9,14H,7,10-12H2,1H3. The van der Waals surface area contributed by atoms with Gasteiger partial charge in [0.05, 0.1) is 11.5 Å². The first-order valence-electron chi connectivity index (χ1n) is 8.64. The number of hydrogen-bond acceptors (Lipinski definition) is 7. The summed E-state index contributed by atoms with van der Waals surface area (Å²) in [5.41, 5.74) is 0.935. The smallest absolute Gasteiger partial charge is 0.358 e. The summed E-state index contributed by atoms with van der Waals surface area (Å²) in [6.45, 7) is 1.94. The molecule has 1 aromatic carbocycles. The summed E-state index contributed by atoms with van der Waals surface area (Å²) >= 11 is 0. The van der Waals surface area contributed by atoms with Crippen molar-refractivity contribution in [3.8, 4) is 0 Å². The van der Waals surface area contributed by atoms with Gasteiger partial charge in [0.1, 0.15) is 0 Å². The molecule has 9 nitrogen and oxygen atoms in total. The summed E-state index contributed by atoms with van der Waals surface area (Å²) in [5.74, 6) is -0.638. The monoisotopic (exact) mass is 405 g/mol. The van der Waals surface area contributed by atoms with Crippen LogP contribution in [0, 0.1) is 23.0 Å². The van der Waals surface area contributed by atoms with Gasteiger partial charge in [-0.3, -0.25) is 13.9 Å². The van der Waals surface area contributed by atoms with Crippen LogP contribution in [0.2, 0.25) is 0 Å². The molecule has 3 rings (SSSR count). The highest BCUT2D eigenvalue weighted by Crippen LogP contribution is 2.25. The molecular formula is C18H19N3O6S. The molecule has 1 unspecified atom stereocenters.